The number of tetrazole rings is 1. The molecule has 0 unspecified atom stereocenters. The molecule has 0 spiro atoms. The molecule has 11 heteroatoms. The largest absolute Gasteiger partial charge is 0.392 e. The van der Waals surface area contributed by atoms with E-state index in [0.717, 1.165) is 76.1 Å². The molecular weight excluding hydrogens is 709 g/mol. The van der Waals surface area contributed by atoms with E-state index in [1.165, 1.54) is 19.3 Å². The number of nitrogens with one attached hydrogen (secondary N) is 2. The lowest BCUT2D eigenvalue weighted by Crippen LogP contribution is -2.61. The van der Waals surface area contributed by atoms with Gasteiger partial charge in [-0.25, -0.2) is 4.79 Å². The molecule has 5 aliphatic rings. The molecule has 2 heterocycles. The number of ether oxygens (including phenoxy) is 2. The van der Waals surface area contributed by atoms with Crippen molar-refractivity contribution in [3.8, 4) is 16.8 Å². The molecule has 4 aliphatic carbocycles. The quantitative estimate of drug-likeness (QED) is 0.115. The SMILES string of the molecule is C[C@H]1[C@@H](CSc2nnnn2-c2ccccc2)O[C@@H](c2cccc(-c3cccc(CNC(=O)NC45CC6CC(CC(C6)C4)C5)c3)c2)O[C@H]1c1ccc(CO)cc1. The summed E-state index contributed by atoms with van der Waals surface area (Å²) in [6, 6.07) is 34.5. The minimum Gasteiger partial charge on any atom is -0.392 e. The maximum Gasteiger partial charge on any atom is 0.315 e. The highest BCUT2D eigenvalue weighted by Crippen LogP contribution is 2.55. The van der Waals surface area contributed by atoms with Gasteiger partial charge in [-0.2, -0.15) is 4.68 Å². The van der Waals surface area contributed by atoms with E-state index >= 15 is 0 Å². The molecule has 1 aliphatic heterocycles. The fourth-order valence-electron chi connectivity index (χ4n) is 9.92. The Bertz CT molecular complexity index is 2070. The van der Waals surface area contributed by atoms with E-state index in [9.17, 15) is 9.90 Å². The van der Waals surface area contributed by atoms with Crippen LogP contribution in [0.15, 0.2) is 108 Å². The predicted octanol–water partition coefficient (Wildman–Crippen LogP) is 8.17. The topological polar surface area (TPSA) is 123 Å². The summed E-state index contributed by atoms with van der Waals surface area (Å²) >= 11 is 1.56. The van der Waals surface area contributed by atoms with E-state index in [0.29, 0.717) is 17.5 Å². The minimum absolute atomic E-state index is 0.0114. The molecule has 4 bridgehead atoms. The van der Waals surface area contributed by atoms with Crippen LogP contribution in [-0.2, 0) is 22.6 Å². The number of thioether (sulfide) groups is 1. The second-order valence-corrected chi connectivity index (χ2v) is 17.2. The van der Waals surface area contributed by atoms with Crippen LogP contribution in [0.4, 0.5) is 4.79 Å². The third-order valence-corrected chi connectivity index (χ3v) is 13.2. The molecule has 2 amide bonds. The monoisotopic (exact) mass is 756 g/mol. The zero-order chi connectivity index (χ0) is 37.4. The first-order valence-electron chi connectivity index (χ1n) is 19.6. The molecule has 4 saturated carbocycles. The Balaban J connectivity index is 0.908. The fraction of sp³-hybridized carbons (Fsp3) is 0.409. The summed E-state index contributed by atoms with van der Waals surface area (Å²) in [5.41, 5.74) is 6.84. The highest BCUT2D eigenvalue weighted by Gasteiger charge is 2.51. The van der Waals surface area contributed by atoms with Crippen molar-refractivity contribution in [2.24, 2.45) is 23.7 Å². The number of urea groups is 1. The van der Waals surface area contributed by atoms with Crippen LogP contribution in [0.1, 0.15) is 80.1 Å². The van der Waals surface area contributed by atoms with E-state index in [-0.39, 0.29) is 36.3 Å². The average molecular weight is 757 g/mol. The molecule has 3 N–H and O–H groups in total. The number of carbonyl (C=O) groups excluding carboxylic acids is 1. The third-order valence-electron chi connectivity index (χ3n) is 12.2. The number of para-hydroxylation sites is 1. The van der Waals surface area contributed by atoms with Crippen molar-refractivity contribution < 1.29 is 19.4 Å². The van der Waals surface area contributed by atoms with Crippen LogP contribution >= 0.6 is 11.8 Å². The van der Waals surface area contributed by atoms with Crippen LogP contribution in [0.5, 0.6) is 0 Å². The van der Waals surface area contributed by atoms with Gasteiger partial charge in [-0.3, -0.25) is 0 Å². The molecule has 10 nitrogen and oxygen atoms in total. The van der Waals surface area contributed by atoms with E-state index in [4.69, 9.17) is 9.47 Å². The summed E-state index contributed by atoms with van der Waals surface area (Å²) in [4.78, 5) is 13.2. The van der Waals surface area contributed by atoms with Crippen LogP contribution in [0.2, 0.25) is 0 Å². The van der Waals surface area contributed by atoms with Gasteiger partial charge in [0, 0.05) is 29.3 Å². The van der Waals surface area contributed by atoms with Gasteiger partial charge < -0.3 is 25.2 Å². The molecule has 4 aromatic carbocycles. The van der Waals surface area contributed by atoms with Crippen molar-refractivity contribution in [3.63, 3.8) is 0 Å². The lowest BCUT2D eigenvalue weighted by atomic mass is 9.53. The van der Waals surface area contributed by atoms with Crippen LogP contribution in [-0.4, -0.2) is 48.7 Å². The fourth-order valence-corrected chi connectivity index (χ4v) is 11.0. The first-order valence-corrected chi connectivity index (χ1v) is 20.6. The number of benzene rings is 4. The Labute approximate surface area is 326 Å². The van der Waals surface area contributed by atoms with Crippen molar-refractivity contribution in [2.45, 2.75) is 87.8 Å². The lowest BCUT2D eigenvalue weighted by Gasteiger charge is -2.56. The summed E-state index contributed by atoms with van der Waals surface area (Å²) in [5, 5.41) is 29.5. The molecule has 4 atom stereocenters. The average Bonchev–Trinajstić information content (AvgIpc) is 3.68. The van der Waals surface area contributed by atoms with Crippen molar-refractivity contribution in [1.82, 2.24) is 30.8 Å². The van der Waals surface area contributed by atoms with Crippen LogP contribution in [0, 0.1) is 23.7 Å². The standard InChI is InChI=1S/C44H48N6O4S/c1-28-39(27-55-43-47-48-49-50(43)38-11-3-2-4-12-38)53-41(54-40(28)34-15-13-29(26-51)14-16-34)37-10-6-9-36(21-37)35-8-5-7-30(20-35)25-45-42(52)46-44-22-31-17-32(23-44)19-33(18-31)24-44/h2-16,20-21,28,31-33,39-41,51H,17-19,22-27H2,1H3,(H2,45,46,52)/t28-,31?,32?,33?,39+,40+,41+,44?/m0/s1. The lowest BCUT2D eigenvalue weighted by molar-refractivity contribution is -0.268. The first-order chi connectivity index (χ1) is 26.9. The molecule has 10 rings (SSSR count). The summed E-state index contributed by atoms with van der Waals surface area (Å²) in [5.74, 6) is 2.98. The van der Waals surface area contributed by atoms with Gasteiger partial charge in [0.25, 0.3) is 0 Å². The van der Waals surface area contributed by atoms with Gasteiger partial charge >= 0.3 is 6.03 Å². The number of hydrogen-bond donors (Lipinski definition) is 3. The van der Waals surface area contributed by atoms with Crippen molar-refractivity contribution in [1.29, 1.82) is 0 Å². The Morgan fingerprint density at radius 1 is 0.836 bits per heavy atom. The Hall–Kier alpha value is -4.55. The van der Waals surface area contributed by atoms with Crippen LogP contribution in [0.3, 0.4) is 0 Å². The molecule has 1 saturated heterocycles. The second kappa shape index (κ2) is 15.5. The number of carbonyl (C=O) groups is 1. The Morgan fingerprint density at radius 2 is 1.55 bits per heavy atom. The smallest absolute Gasteiger partial charge is 0.315 e. The number of rotatable bonds is 11. The first kappa shape index (κ1) is 36.1. The van der Waals surface area contributed by atoms with Gasteiger partial charge in [0.15, 0.2) is 6.29 Å². The predicted molar refractivity (Wildman–Crippen MR) is 211 cm³/mol. The number of amides is 2. The molecular formula is C44H48N6O4S. The van der Waals surface area contributed by atoms with Gasteiger partial charge in [-0.15, -0.1) is 5.10 Å². The van der Waals surface area contributed by atoms with Crippen molar-refractivity contribution in [2.75, 3.05) is 5.75 Å². The minimum atomic E-state index is -0.618. The zero-order valence-electron chi connectivity index (χ0n) is 31.1. The normalized spacial score (nSPS) is 28.2. The van der Waals surface area contributed by atoms with Gasteiger partial charge in [-0.1, -0.05) is 97.5 Å². The van der Waals surface area contributed by atoms with Gasteiger partial charge in [0.05, 0.1) is 24.5 Å². The number of aliphatic hydroxyl groups excluding tert-OH is 1. The molecule has 5 aromatic rings. The van der Waals surface area contributed by atoms with E-state index < -0.39 is 6.29 Å². The van der Waals surface area contributed by atoms with Crippen molar-refractivity contribution in [3.05, 3.63) is 125 Å². The van der Waals surface area contributed by atoms with E-state index in [1.807, 2.05) is 66.7 Å². The zero-order valence-corrected chi connectivity index (χ0v) is 31.9. The molecule has 284 valence electrons. The number of aromatic nitrogens is 4. The Morgan fingerprint density at radius 3 is 2.27 bits per heavy atom. The summed E-state index contributed by atoms with van der Waals surface area (Å²) in [6.07, 6.45) is 6.42. The molecule has 1 aromatic heterocycles. The maximum atomic E-state index is 13.2. The molecule has 5 fully saturated rings. The highest BCUT2D eigenvalue weighted by molar-refractivity contribution is 7.99. The summed E-state index contributed by atoms with van der Waals surface area (Å²) < 4.78 is 15.3. The van der Waals surface area contributed by atoms with Crippen molar-refractivity contribution >= 4 is 17.8 Å². The van der Waals surface area contributed by atoms with E-state index in [1.54, 1.807) is 16.4 Å². The van der Waals surface area contributed by atoms with E-state index in [2.05, 4.69) is 69.5 Å². The number of nitrogens with zero attached hydrogens (tertiary/aromatic N) is 4. The molecule has 0 radical (unpaired) electrons. The van der Waals surface area contributed by atoms with Gasteiger partial charge in [0.1, 0.15) is 0 Å². The molecule has 55 heavy (non-hydrogen) atoms. The third kappa shape index (κ3) is 7.80. The maximum absolute atomic E-state index is 13.2. The summed E-state index contributed by atoms with van der Waals surface area (Å²) in [7, 11) is 0. The Kier molecular flexibility index (Phi) is 10.2. The van der Waals surface area contributed by atoms with Crippen LogP contribution in [0.25, 0.3) is 16.8 Å². The van der Waals surface area contributed by atoms with Gasteiger partial charge in [0.2, 0.25) is 5.16 Å². The summed E-state index contributed by atoms with van der Waals surface area (Å²) in [6.45, 7) is 2.61. The second-order valence-electron chi connectivity index (χ2n) is 16.2. The van der Waals surface area contributed by atoms with Gasteiger partial charge in [-0.05, 0) is 119 Å². The van der Waals surface area contributed by atoms with Crippen LogP contribution < -0.4 is 10.6 Å². The highest BCUT2D eigenvalue weighted by atomic mass is 32.2. The number of aliphatic hydroxyl groups is 1. The number of hydrogen-bond acceptors (Lipinski definition) is 8.